The molecule has 1 aromatic heterocycles. The number of benzene rings is 1. The Hall–Kier alpha value is -1.61. The van der Waals surface area contributed by atoms with Crippen LogP contribution in [-0.2, 0) is 6.54 Å². The molecular formula is C17H25N3. The average Bonchev–Trinajstić information content (AvgIpc) is 2.97. The molecule has 1 atom stereocenters. The molecule has 0 bridgehead atoms. The highest BCUT2D eigenvalue weighted by molar-refractivity contribution is 5.59. The summed E-state index contributed by atoms with van der Waals surface area (Å²) >= 11 is 0. The normalized spacial score (nSPS) is 12.6. The quantitative estimate of drug-likeness (QED) is 0.824. The largest absolute Gasteiger partial charge is 0.310 e. The highest BCUT2D eigenvalue weighted by Gasteiger charge is 2.09. The van der Waals surface area contributed by atoms with Gasteiger partial charge in [0.25, 0.3) is 0 Å². The maximum Gasteiger partial charge on any atom is 0.0682 e. The van der Waals surface area contributed by atoms with E-state index in [4.69, 9.17) is 0 Å². The van der Waals surface area contributed by atoms with E-state index in [1.165, 1.54) is 23.2 Å². The van der Waals surface area contributed by atoms with Crippen LogP contribution in [0.15, 0.2) is 36.5 Å². The van der Waals surface area contributed by atoms with E-state index in [-0.39, 0.29) is 0 Å². The number of hydrogen-bond acceptors (Lipinski definition) is 2. The number of hydrogen-bond donors (Lipinski definition) is 1. The highest BCUT2D eigenvalue weighted by Crippen LogP contribution is 2.23. The van der Waals surface area contributed by atoms with Crippen LogP contribution in [0.3, 0.4) is 0 Å². The monoisotopic (exact) mass is 271 g/mol. The molecule has 2 rings (SSSR count). The van der Waals surface area contributed by atoms with Crippen molar-refractivity contribution in [2.45, 2.75) is 46.2 Å². The van der Waals surface area contributed by atoms with E-state index >= 15 is 0 Å². The molecule has 2 aromatic rings. The maximum absolute atomic E-state index is 4.33. The van der Waals surface area contributed by atoms with Crippen LogP contribution in [0.2, 0.25) is 0 Å². The minimum atomic E-state index is 0.458. The molecule has 0 saturated heterocycles. The number of rotatable bonds is 7. The molecule has 0 radical (unpaired) electrons. The second-order valence-corrected chi connectivity index (χ2v) is 5.07. The van der Waals surface area contributed by atoms with Crippen LogP contribution in [-0.4, -0.2) is 16.3 Å². The summed E-state index contributed by atoms with van der Waals surface area (Å²) in [7, 11) is 0. The molecule has 0 aliphatic carbocycles. The van der Waals surface area contributed by atoms with E-state index in [0.717, 1.165) is 19.5 Å². The molecule has 1 aromatic carbocycles. The van der Waals surface area contributed by atoms with Gasteiger partial charge in [0.15, 0.2) is 0 Å². The van der Waals surface area contributed by atoms with Gasteiger partial charge in [0.05, 0.1) is 5.69 Å². The average molecular weight is 271 g/mol. The Morgan fingerprint density at radius 3 is 2.45 bits per heavy atom. The molecule has 1 N–H and O–H groups in total. The topological polar surface area (TPSA) is 29.9 Å². The fraction of sp³-hybridized carbons (Fsp3) is 0.471. The van der Waals surface area contributed by atoms with Crippen LogP contribution in [0, 0.1) is 0 Å². The van der Waals surface area contributed by atoms with E-state index in [2.05, 4.69) is 61.5 Å². The Morgan fingerprint density at radius 2 is 1.85 bits per heavy atom. The molecular weight excluding hydrogens is 246 g/mol. The lowest BCUT2D eigenvalue weighted by atomic mass is 10.0. The second kappa shape index (κ2) is 7.25. The number of nitrogens with zero attached hydrogens (tertiary/aromatic N) is 2. The summed E-state index contributed by atoms with van der Waals surface area (Å²) in [4.78, 5) is 0. The Labute approximate surface area is 122 Å². The van der Waals surface area contributed by atoms with Crippen molar-refractivity contribution >= 4 is 0 Å². The Balaban J connectivity index is 2.17. The van der Waals surface area contributed by atoms with Gasteiger partial charge >= 0.3 is 0 Å². The summed E-state index contributed by atoms with van der Waals surface area (Å²) in [5, 5.41) is 7.92. The number of nitrogens with one attached hydrogen (secondary N) is 1. The van der Waals surface area contributed by atoms with Crippen LogP contribution in [0.4, 0.5) is 0 Å². The summed E-state index contributed by atoms with van der Waals surface area (Å²) in [6.07, 6.45) is 4.15. The lowest BCUT2D eigenvalue weighted by Gasteiger charge is -2.17. The molecule has 0 spiro atoms. The Bertz CT molecular complexity index is 513. The van der Waals surface area contributed by atoms with Gasteiger partial charge in [-0.25, -0.2) is 0 Å². The third kappa shape index (κ3) is 3.28. The van der Waals surface area contributed by atoms with E-state index in [1.54, 1.807) is 0 Å². The van der Waals surface area contributed by atoms with Crippen molar-refractivity contribution in [3.05, 3.63) is 42.1 Å². The van der Waals surface area contributed by atoms with E-state index in [1.807, 2.05) is 10.9 Å². The molecule has 1 unspecified atom stereocenters. The SMILES string of the molecule is CCCNC(CC)c1ccc(-c2ccnn2CC)cc1. The third-order valence-corrected chi connectivity index (χ3v) is 3.67. The first-order valence-electron chi connectivity index (χ1n) is 7.65. The van der Waals surface area contributed by atoms with Gasteiger partial charge in [0, 0.05) is 18.8 Å². The van der Waals surface area contributed by atoms with E-state index < -0.39 is 0 Å². The Morgan fingerprint density at radius 1 is 1.10 bits per heavy atom. The summed E-state index contributed by atoms with van der Waals surface area (Å²) in [6, 6.07) is 11.4. The summed E-state index contributed by atoms with van der Waals surface area (Å²) in [6.45, 7) is 8.53. The van der Waals surface area contributed by atoms with Gasteiger partial charge in [-0.2, -0.15) is 5.10 Å². The van der Waals surface area contributed by atoms with Crippen molar-refractivity contribution in [3.8, 4) is 11.3 Å². The van der Waals surface area contributed by atoms with Crippen molar-refractivity contribution in [2.24, 2.45) is 0 Å². The molecule has 3 nitrogen and oxygen atoms in total. The lowest BCUT2D eigenvalue weighted by molar-refractivity contribution is 0.518. The van der Waals surface area contributed by atoms with Gasteiger partial charge in [0.1, 0.15) is 0 Å². The predicted molar refractivity (Wildman–Crippen MR) is 84.7 cm³/mol. The molecule has 0 fully saturated rings. The molecule has 0 saturated carbocycles. The van der Waals surface area contributed by atoms with Crippen LogP contribution in [0.1, 0.15) is 45.2 Å². The summed E-state index contributed by atoms with van der Waals surface area (Å²) in [5.74, 6) is 0. The van der Waals surface area contributed by atoms with E-state index in [9.17, 15) is 0 Å². The van der Waals surface area contributed by atoms with Crippen molar-refractivity contribution in [1.82, 2.24) is 15.1 Å². The van der Waals surface area contributed by atoms with Crippen LogP contribution in [0.5, 0.6) is 0 Å². The Kier molecular flexibility index (Phi) is 5.36. The molecule has 3 heteroatoms. The van der Waals surface area contributed by atoms with Gasteiger partial charge in [-0.1, -0.05) is 38.1 Å². The first-order chi connectivity index (χ1) is 9.80. The van der Waals surface area contributed by atoms with Gasteiger partial charge in [-0.3, -0.25) is 4.68 Å². The molecule has 108 valence electrons. The van der Waals surface area contributed by atoms with E-state index in [0.29, 0.717) is 6.04 Å². The fourth-order valence-corrected chi connectivity index (χ4v) is 2.53. The zero-order valence-electron chi connectivity index (χ0n) is 12.8. The van der Waals surface area contributed by atoms with Crippen LogP contribution < -0.4 is 5.32 Å². The number of aryl methyl sites for hydroxylation is 1. The fourth-order valence-electron chi connectivity index (χ4n) is 2.53. The minimum Gasteiger partial charge on any atom is -0.310 e. The first-order valence-corrected chi connectivity index (χ1v) is 7.65. The molecule has 0 aliphatic heterocycles. The van der Waals surface area contributed by atoms with Crippen LogP contribution in [0.25, 0.3) is 11.3 Å². The first kappa shape index (κ1) is 14.8. The molecule has 0 aliphatic rings. The van der Waals surface area contributed by atoms with Gasteiger partial charge < -0.3 is 5.32 Å². The van der Waals surface area contributed by atoms with Crippen molar-refractivity contribution in [1.29, 1.82) is 0 Å². The minimum absolute atomic E-state index is 0.458. The van der Waals surface area contributed by atoms with Crippen molar-refractivity contribution in [2.75, 3.05) is 6.54 Å². The van der Waals surface area contributed by atoms with Gasteiger partial charge in [-0.15, -0.1) is 0 Å². The number of aromatic nitrogens is 2. The third-order valence-electron chi connectivity index (χ3n) is 3.67. The maximum atomic E-state index is 4.33. The van der Waals surface area contributed by atoms with Crippen molar-refractivity contribution < 1.29 is 0 Å². The molecule has 20 heavy (non-hydrogen) atoms. The van der Waals surface area contributed by atoms with Crippen molar-refractivity contribution in [3.63, 3.8) is 0 Å². The zero-order chi connectivity index (χ0) is 14.4. The lowest BCUT2D eigenvalue weighted by Crippen LogP contribution is -2.21. The zero-order valence-corrected chi connectivity index (χ0v) is 12.8. The second-order valence-electron chi connectivity index (χ2n) is 5.07. The highest BCUT2D eigenvalue weighted by atomic mass is 15.3. The summed E-state index contributed by atoms with van der Waals surface area (Å²) in [5.41, 5.74) is 3.79. The van der Waals surface area contributed by atoms with Gasteiger partial charge in [-0.05, 0) is 43.5 Å². The molecule has 0 amide bonds. The van der Waals surface area contributed by atoms with Crippen LogP contribution >= 0.6 is 0 Å². The standard InChI is InChI=1S/C17H25N3/c1-4-12-18-16(5-2)14-7-9-15(10-8-14)17-11-13-19-20(17)6-3/h7-11,13,16,18H,4-6,12H2,1-3H3. The molecule has 1 heterocycles. The smallest absolute Gasteiger partial charge is 0.0682 e. The summed E-state index contributed by atoms with van der Waals surface area (Å²) < 4.78 is 2.03. The predicted octanol–water partition coefficient (Wildman–Crippen LogP) is 4.02. The van der Waals surface area contributed by atoms with Gasteiger partial charge in [0.2, 0.25) is 0 Å².